The number of likely N-dealkylation sites (tertiary alicyclic amines) is 1. The first-order valence-corrected chi connectivity index (χ1v) is 7.40. The van der Waals surface area contributed by atoms with Crippen molar-refractivity contribution in [3.8, 4) is 5.75 Å². The average molecular weight is 291 g/mol. The molecule has 1 aliphatic rings. The summed E-state index contributed by atoms with van der Waals surface area (Å²) in [6.07, 6.45) is 3.11. The quantitative estimate of drug-likeness (QED) is 0.905. The Morgan fingerprint density at radius 1 is 1.38 bits per heavy atom. The number of hydrogen-bond acceptors (Lipinski definition) is 3. The van der Waals surface area contributed by atoms with Crippen LogP contribution >= 0.6 is 0 Å². The Morgan fingerprint density at radius 3 is 2.90 bits per heavy atom. The third kappa shape index (κ3) is 3.74. The summed E-state index contributed by atoms with van der Waals surface area (Å²) < 4.78 is 5.52. The van der Waals surface area contributed by atoms with Gasteiger partial charge in [-0.2, -0.15) is 0 Å². The Hall–Kier alpha value is -2.04. The number of amides is 1. The van der Waals surface area contributed by atoms with E-state index in [0.717, 1.165) is 19.3 Å². The molecule has 21 heavy (non-hydrogen) atoms. The Kier molecular flexibility index (Phi) is 5.20. The molecule has 0 saturated carbocycles. The Bertz CT molecular complexity index is 515. The molecule has 1 amide bonds. The highest BCUT2D eigenvalue weighted by atomic mass is 16.5. The minimum Gasteiger partial charge on any atom is -0.494 e. The fourth-order valence-corrected chi connectivity index (χ4v) is 2.54. The molecule has 0 bridgehead atoms. The minimum absolute atomic E-state index is 0.232. The summed E-state index contributed by atoms with van der Waals surface area (Å²) in [5, 5.41) is 9.26. The van der Waals surface area contributed by atoms with Crippen molar-refractivity contribution < 1.29 is 19.4 Å². The fourth-order valence-electron chi connectivity index (χ4n) is 2.54. The highest BCUT2D eigenvalue weighted by molar-refractivity contribution is 5.97. The molecule has 114 valence electrons. The molecule has 1 fully saturated rings. The van der Waals surface area contributed by atoms with Crippen LogP contribution in [0, 0.1) is 0 Å². The van der Waals surface area contributed by atoms with E-state index in [-0.39, 0.29) is 5.91 Å². The van der Waals surface area contributed by atoms with Crippen molar-refractivity contribution in [1.82, 2.24) is 4.90 Å². The lowest BCUT2D eigenvalue weighted by molar-refractivity contribution is -0.143. The predicted octanol–water partition coefficient (Wildman–Crippen LogP) is 2.55. The van der Waals surface area contributed by atoms with Crippen molar-refractivity contribution in [2.45, 2.75) is 38.6 Å². The maximum Gasteiger partial charge on any atom is 0.326 e. The molecule has 0 aliphatic carbocycles. The highest BCUT2D eigenvalue weighted by Gasteiger charge is 2.32. The number of hydrogen-bond donors (Lipinski definition) is 1. The molecule has 2 rings (SSSR count). The van der Waals surface area contributed by atoms with Crippen LogP contribution in [0.3, 0.4) is 0 Å². The van der Waals surface area contributed by atoms with Gasteiger partial charge < -0.3 is 14.7 Å². The predicted molar refractivity (Wildman–Crippen MR) is 78.5 cm³/mol. The minimum atomic E-state index is -0.929. The first kappa shape index (κ1) is 15.4. The molecule has 1 heterocycles. The number of benzene rings is 1. The van der Waals surface area contributed by atoms with Gasteiger partial charge in [0.2, 0.25) is 0 Å². The maximum atomic E-state index is 12.5. The van der Waals surface area contributed by atoms with Crippen LogP contribution in [0.1, 0.15) is 43.0 Å². The van der Waals surface area contributed by atoms with E-state index in [1.54, 1.807) is 24.3 Å². The van der Waals surface area contributed by atoms with Crippen LogP contribution in [-0.2, 0) is 4.79 Å². The van der Waals surface area contributed by atoms with Crippen LogP contribution in [0.15, 0.2) is 24.3 Å². The summed E-state index contributed by atoms with van der Waals surface area (Å²) in [4.78, 5) is 25.3. The summed E-state index contributed by atoms with van der Waals surface area (Å²) in [5.74, 6) is -0.517. The number of carboxylic acids is 1. The van der Waals surface area contributed by atoms with Crippen molar-refractivity contribution in [3.05, 3.63) is 29.8 Å². The third-order valence-electron chi connectivity index (χ3n) is 3.60. The standard InChI is InChI=1S/C16H21NO4/c1-2-10-21-13-7-5-6-12(11-13)15(18)17-9-4-3-8-14(17)16(19)20/h5-7,11,14H,2-4,8-10H2,1H3,(H,19,20)/t14-/m1/s1. The molecule has 1 aromatic rings. The van der Waals surface area contributed by atoms with Crippen molar-refractivity contribution in [3.63, 3.8) is 0 Å². The van der Waals surface area contributed by atoms with E-state index in [2.05, 4.69) is 0 Å². The van der Waals surface area contributed by atoms with Gasteiger partial charge in [-0.3, -0.25) is 4.79 Å². The normalized spacial score (nSPS) is 18.3. The van der Waals surface area contributed by atoms with Gasteiger partial charge in [0.25, 0.3) is 5.91 Å². The van der Waals surface area contributed by atoms with Gasteiger partial charge in [-0.25, -0.2) is 4.79 Å². The van der Waals surface area contributed by atoms with Crippen LogP contribution < -0.4 is 4.74 Å². The number of carbonyl (C=O) groups is 2. The van der Waals surface area contributed by atoms with Crippen LogP contribution in [0.2, 0.25) is 0 Å². The number of rotatable bonds is 5. The summed E-state index contributed by atoms with van der Waals surface area (Å²) in [6.45, 7) is 3.11. The molecule has 0 unspecified atom stereocenters. The lowest BCUT2D eigenvalue weighted by Crippen LogP contribution is -2.47. The maximum absolute atomic E-state index is 12.5. The van der Waals surface area contributed by atoms with E-state index >= 15 is 0 Å². The van der Waals surface area contributed by atoms with Crippen LogP contribution in [0.25, 0.3) is 0 Å². The first-order chi connectivity index (χ1) is 10.1. The molecular weight excluding hydrogens is 270 g/mol. The lowest BCUT2D eigenvalue weighted by Gasteiger charge is -2.33. The Morgan fingerprint density at radius 2 is 2.19 bits per heavy atom. The van der Waals surface area contributed by atoms with Gasteiger partial charge in [-0.1, -0.05) is 13.0 Å². The first-order valence-electron chi connectivity index (χ1n) is 7.40. The zero-order chi connectivity index (χ0) is 15.2. The zero-order valence-electron chi connectivity index (χ0n) is 12.2. The van der Waals surface area contributed by atoms with Gasteiger partial charge in [0.1, 0.15) is 11.8 Å². The summed E-state index contributed by atoms with van der Waals surface area (Å²) in [7, 11) is 0. The molecule has 5 heteroatoms. The van der Waals surface area contributed by atoms with E-state index in [1.165, 1.54) is 4.90 Å². The number of nitrogens with zero attached hydrogens (tertiary/aromatic N) is 1. The van der Waals surface area contributed by atoms with Gasteiger partial charge in [0.15, 0.2) is 0 Å². The van der Waals surface area contributed by atoms with Crippen LogP contribution in [0.4, 0.5) is 0 Å². The second-order valence-electron chi connectivity index (χ2n) is 5.22. The van der Waals surface area contributed by atoms with Crippen LogP contribution in [-0.4, -0.2) is 41.1 Å². The summed E-state index contributed by atoms with van der Waals surface area (Å²) in [5.41, 5.74) is 0.483. The number of ether oxygens (including phenoxy) is 1. The van der Waals surface area contributed by atoms with Gasteiger partial charge in [-0.15, -0.1) is 0 Å². The SMILES string of the molecule is CCCOc1cccc(C(=O)N2CCCC[C@@H]2C(=O)O)c1. The molecule has 0 spiro atoms. The van der Waals surface area contributed by atoms with Gasteiger partial charge in [0, 0.05) is 12.1 Å². The number of carbonyl (C=O) groups excluding carboxylic acids is 1. The van der Waals surface area contributed by atoms with E-state index in [4.69, 9.17) is 4.74 Å². The molecule has 1 atom stereocenters. The summed E-state index contributed by atoms with van der Waals surface area (Å²) in [6, 6.07) is 6.24. The van der Waals surface area contributed by atoms with Gasteiger partial charge >= 0.3 is 5.97 Å². The smallest absolute Gasteiger partial charge is 0.326 e. The van der Waals surface area contributed by atoms with E-state index in [1.807, 2.05) is 6.92 Å². The monoisotopic (exact) mass is 291 g/mol. The van der Waals surface area contributed by atoms with Crippen molar-refractivity contribution in [1.29, 1.82) is 0 Å². The second-order valence-corrected chi connectivity index (χ2v) is 5.22. The molecule has 1 aliphatic heterocycles. The number of carboxylic acid groups (broad SMARTS) is 1. The number of aliphatic carboxylic acids is 1. The average Bonchev–Trinajstić information content (AvgIpc) is 2.52. The topological polar surface area (TPSA) is 66.8 Å². The Balaban J connectivity index is 2.16. The van der Waals surface area contributed by atoms with E-state index in [0.29, 0.717) is 30.9 Å². The molecule has 1 aromatic carbocycles. The molecule has 0 aromatic heterocycles. The third-order valence-corrected chi connectivity index (χ3v) is 3.60. The molecule has 0 radical (unpaired) electrons. The largest absolute Gasteiger partial charge is 0.494 e. The van der Waals surface area contributed by atoms with E-state index < -0.39 is 12.0 Å². The van der Waals surface area contributed by atoms with Crippen molar-refractivity contribution in [2.24, 2.45) is 0 Å². The van der Waals surface area contributed by atoms with Crippen molar-refractivity contribution in [2.75, 3.05) is 13.2 Å². The highest BCUT2D eigenvalue weighted by Crippen LogP contribution is 2.22. The van der Waals surface area contributed by atoms with E-state index in [9.17, 15) is 14.7 Å². The molecule has 1 saturated heterocycles. The van der Waals surface area contributed by atoms with Gasteiger partial charge in [0.05, 0.1) is 6.61 Å². The van der Waals surface area contributed by atoms with Crippen molar-refractivity contribution >= 4 is 11.9 Å². The lowest BCUT2D eigenvalue weighted by atomic mass is 10.0. The Labute approximate surface area is 124 Å². The second kappa shape index (κ2) is 7.11. The number of piperidine rings is 1. The molecule has 1 N–H and O–H groups in total. The zero-order valence-corrected chi connectivity index (χ0v) is 12.2. The summed E-state index contributed by atoms with van der Waals surface area (Å²) >= 11 is 0. The fraction of sp³-hybridized carbons (Fsp3) is 0.500. The van der Waals surface area contributed by atoms with Gasteiger partial charge in [-0.05, 0) is 43.9 Å². The van der Waals surface area contributed by atoms with Crippen LogP contribution in [0.5, 0.6) is 5.75 Å². The molecule has 5 nitrogen and oxygen atoms in total. The molecular formula is C16H21NO4.